The molecule has 0 N–H and O–H groups in total. The van der Waals surface area contributed by atoms with E-state index in [2.05, 4.69) is 0 Å². The predicted molar refractivity (Wildman–Crippen MR) is 134 cm³/mol. The molecule has 2 heterocycles. The third kappa shape index (κ3) is 5.08. The van der Waals surface area contributed by atoms with Crippen molar-refractivity contribution in [3.8, 4) is 22.6 Å². The van der Waals surface area contributed by atoms with E-state index in [1.54, 1.807) is 0 Å². The standard InChI is InChI=1S/C26H28N2O4S2/c29-23(28(21-13-7-8-14-21)22-15-16-34(30,31)18-22)17-33-26-27-24(19-9-3-1-4-10-19)25(32-26)20-11-5-2-6-12-20/h1-6,9-12,21-22H,7-8,13-18H2. The molecule has 1 unspecified atom stereocenters. The Balaban J connectivity index is 1.37. The maximum absolute atomic E-state index is 13.4. The van der Waals surface area contributed by atoms with Gasteiger partial charge >= 0.3 is 0 Å². The SMILES string of the molecule is O=C(CSc1nc(-c2ccccc2)c(-c2ccccc2)o1)N(C1CCCC1)C1CCS(=O)(=O)C1. The van der Waals surface area contributed by atoms with Gasteiger partial charge in [-0.3, -0.25) is 4.79 Å². The first kappa shape index (κ1) is 23.2. The number of hydrogen-bond donors (Lipinski definition) is 0. The van der Waals surface area contributed by atoms with Crippen molar-refractivity contribution in [1.29, 1.82) is 0 Å². The van der Waals surface area contributed by atoms with Crippen LogP contribution in [0.5, 0.6) is 0 Å². The molecule has 0 radical (unpaired) electrons. The van der Waals surface area contributed by atoms with Gasteiger partial charge < -0.3 is 9.32 Å². The molecule has 1 aliphatic carbocycles. The van der Waals surface area contributed by atoms with E-state index in [-0.39, 0.29) is 35.2 Å². The number of amides is 1. The van der Waals surface area contributed by atoms with Gasteiger partial charge in [0.2, 0.25) is 5.91 Å². The number of thioether (sulfide) groups is 1. The largest absolute Gasteiger partial charge is 0.431 e. The van der Waals surface area contributed by atoms with E-state index in [9.17, 15) is 13.2 Å². The summed E-state index contributed by atoms with van der Waals surface area (Å²) in [6, 6.07) is 19.6. The van der Waals surface area contributed by atoms with Crippen LogP contribution in [0.25, 0.3) is 22.6 Å². The van der Waals surface area contributed by atoms with Crippen LogP contribution in [0, 0.1) is 0 Å². The van der Waals surface area contributed by atoms with Gasteiger partial charge in [-0.05, 0) is 19.3 Å². The van der Waals surface area contributed by atoms with Gasteiger partial charge in [-0.1, -0.05) is 85.3 Å². The topological polar surface area (TPSA) is 80.5 Å². The van der Waals surface area contributed by atoms with E-state index < -0.39 is 9.84 Å². The van der Waals surface area contributed by atoms with Gasteiger partial charge in [-0.15, -0.1) is 0 Å². The molecule has 1 saturated heterocycles. The molecule has 2 fully saturated rings. The quantitative estimate of drug-likeness (QED) is 0.426. The van der Waals surface area contributed by atoms with Gasteiger partial charge in [0.25, 0.3) is 5.22 Å². The predicted octanol–water partition coefficient (Wildman–Crippen LogP) is 5.06. The number of benzene rings is 2. The van der Waals surface area contributed by atoms with Gasteiger partial charge in [0, 0.05) is 23.2 Å². The van der Waals surface area contributed by atoms with Crippen molar-refractivity contribution in [1.82, 2.24) is 9.88 Å². The fourth-order valence-corrected chi connectivity index (χ4v) is 7.43. The summed E-state index contributed by atoms with van der Waals surface area (Å²) in [5.41, 5.74) is 2.62. The summed E-state index contributed by atoms with van der Waals surface area (Å²) >= 11 is 1.28. The molecule has 1 aromatic heterocycles. The highest BCUT2D eigenvalue weighted by Gasteiger charge is 2.39. The Hall–Kier alpha value is -2.58. The van der Waals surface area contributed by atoms with Gasteiger partial charge in [-0.25, -0.2) is 13.4 Å². The first-order chi connectivity index (χ1) is 16.5. The zero-order chi connectivity index (χ0) is 23.5. The first-order valence-electron chi connectivity index (χ1n) is 11.8. The highest BCUT2D eigenvalue weighted by molar-refractivity contribution is 7.99. The fourth-order valence-electron chi connectivity index (χ4n) is 5.02. The number of carbonyl (C=O) groups is 1. The van der Waals surface area contributed by atoms with Crippen LogP contribution < -0.4 is 0 Å². The Morgan fingerprint density at radius 1 is 0.941 bits per heavy atom. The lowest BCUT2D eigenvalue weighted by Gasteiger charge is -2.34. The smallest absolute Gasteiger partial charge is 0.257 e. The third-order valence-corrected chi connectivity index (χ3v) is 9.18. The monoisotopic (exact) mass is 496 g/mol. The van der Waals surface area contributed by atoms with Gasteiger partial charge in [0.15, 0.2) is 15.6 Å². The maximum Gasteiger partial charge on any atom is 0.257 e. The summed E-state index contributed by atoms with van der Waals surface area (Å²) in [6.07, 6.45) is 4.60. The Bertz CT molecular complexity index is 1180. The Morgan fingerprint density at radius 2 is 1.59 bits per heavy atom. The maximum atomic E-state index is 13.4. The zero-order valence-corrected chi connectivity index (χ0v) is 20.6. The molecule has 1 atom stereocenters. The molecule has 1 amide bonds. The van der Waals surface area contributed by atoms with Crippen molar-refractivity contribution in [2.75, 3.05) is 17.3 Å². The molecular weight excluding hydrogens is 468 g/mol. The van der Waals surface area contributed by atoms with E-state index in [0.29, 0.717) is 17.4 Å². The van der Waals surface area contributed by atoms with Crippen molar-refractivity contribution in [3.63, 3.8) is 0 Å². The van der Waals surface area contributed by atoms with Crippen LogP contribution in [0.2, 0.25) is 0 Å². The number of aromatic nitrogens is 1. The number of hydrogen-bond acceptors (Lipinski definition) is 6. The Kier molecular flexibility index (Phi) is 6.79. The van der Waals surface area contributed by atoms with Crippen LogP contribution in [-0.4, -0.2) is 53.6 Å². The molecule has 34 heavy (non-hydrogen) atoms. The zero-order valence-electron chi connectivity index (χ0n) is 18.9. The van der Waals surface area contributed by atoms with E-state index in [0.717, 1.165) is 42.5 Å². The number of nitrogens with zero attached hydrogens (tertiary/aromatic N) is 2. The lowest BCUT2D eigenvalue weighted by atomic mass is 10.1. The Morgan fingerprint density at radius 3 is 2.21 bits per heavy atom. The number of oxazole rings is 1. The van der Waals surface area contributed by atoms with Gasteiger partial charge in [0.05, 0.1) is 17.3 Å². The molecule has 3 aromatic rings. The van der Waals surface area contributed by atoms with Gasteiger partial charge in [0.1, 0.15) is 5.69 Å². The summed E-state index contributed by atoms with van der Waals surface area (Å²) in [6.45, 7) is 0. The normalized spacial score (nSPS) is 19.9. The summed E-state index contributed by atoms with van der Waals surface area (Å²) < 4.78 is 30.4. The summed E-state index contributed by atoms with van der Waals surface area (Å²) in [5.74, 6) is 1.07. The molecule has 1 saturated carbocycles. The molecule has 0 bridgehead atoms. The van der Waals surface area contributed by atoms with Crippen molar-refractivity contribution in [2.24, 2.45) is 0 Å². The van der Waals surface area contributed by atoms with Crippen LogP contribution in [0.4, 0.5) is 0 Å². The van der Waals surface area contributed by atoms with Gasteiger partial charge in [-0.2, -0.15) is 0 Å². The summed E-state index contributed by atoms with van der Waals surface area (Å²) in [5, 5.41) is 0.441. The lowest BCUT2D eigenvalue weighted by molar-refractivity contribution is -0.132. The van der Waals surface area contributed by atoms with Crippen LogP contribution in [0.15, 0.2) is 70.3 Å². The number of rotatable bonds is 7. The van der Waals surface area contributed by atoms with Crippen molar-refractivity contribution in [2.45, 2.75) is 49.4 Å². The van der Waals surface area contributed by atoms with Crippen molar-refractivity contribution >= 4 is 27.5 Å². The van der Waals surface area contributed by atoms with E-state index in [1.807, 2.05) is 65.6 Å². The van der Waals surface area contributed by atoms with Crippen LogP contribution >= 0.6 is 11.8 Å². The minimum Gasteiger partial charge on any atom is -0.431 e. The highest BCUT2D eigenvalue weighted by atomic mass is 32.2. The molecule has 8 heteroatoms. The van der Waals surface area contributed by atoms with E-state index in [4.69, 9.17) is 9.40 Å². The fraction of sp³-hybridized carbons (Fsp3) is 0.385. The van der Waals surface area contributed by atoms with E-state index in [1.165, 1.54) is 11.8 Å². The van der Waals surface area contributed by atoms with Crippen LogP contribution in [-0.2, 0) is 14.6 Å². The second-order valence-corrected chi connectivity index (χ2v) is 12.1. The minimum atomic E-state index is -3.07. The summed E-state index contributed by atoms with van der Waals surface area (Å²) in [7, 11) is -3.07. The first-order valence-corrected chi connectivity index (χ1v) is 14.6. The second-order valence-electron chi connectivity index (χ2n) is 8.97. The number of sulfone groups is 1. The second kappa shape index (κ2) is 9.96. The molecular formula is C26H28N2O4S2. The van der Waals surface area contributed by atoms with E-state index >= 15 is 0 Å². The Labute approximate surface area is 204 Å². The summed E-state index contributed by atoms with van der Waals surface area (Å²) in [4.78, 5) is 20.0. The molecule has 6 nitrogen and oxygen atoms in total. The molecule has 178 valence electrons. The van der Waals surface area contributed by atoms with Crippen molar-refractivity contribution < 1.29 is 17.6 Å². The van der Waals surface area contributed by atoms with Crippen LogP contribution in [0.1, 0.15) is 32.1 Å². The number of carbonyl (C=O) groups excluding carboxylic acids is 1. The highest BCUT2D eigenvalue weighted by Crippen LogP contribution is 2.36. The molecule has 2 aromatic carbocycles. The molecule has 5 rings (SSSR count). The lowest BCUT2D eigenvalue weighted by Crippen LogP contribution is -2.47. The van der Waals surface area contributed by atoms with Crippen molar-refractivity contribution in [3.05, 3.63) is 60.7 Å². The van der Waals surface area contributed by atoms with Crippen LogP contribution in [0.3, 0.4) is 0 Å². The molecule has 0 spiro atoms. The minimum absolute atomic E-state index is 0.0280. The molecule has 2 aliphatic rings. The molecule has 1 aliphatic heterocycles. The third-order valence-electron chi connectivity index (χ3n) is 6.62. The average molecular weight is 497 g/mol. The average Bonchev–Trinajstić information content (AvgIpc) is 3.60.